The molecule has 2 rings (SSSR count). The Bertz CT molecular complexity index is 403. The molecule has 0 aliphatic carbocycles. The predicted octanol–water partition coefficient (Wildman–Crippen LogP) is 1.96. The number of aromatic nitrogens is 2. The van der Waals surface area contributed by atoms with Crippen LogP contribution in [0.3, 0.4) is 0 Å². The lowest BCUT2D eigenvalue weighted by Gasteiger charge is -2.31. The fourth-order valence-electron chi connectivity index (χ4n) is 2.06. The molecule has 0 spiro atoms. The van der Waals surface area contributed by atoms with Gasteiger partial charge in [-0.05, 0) is 19.8 Å². The first-order valence-corrected chi connectivity index (χ1v) is 6.45. The number of aryl methyl sites for hydroxylation is 1. The molecule has 1 saturated heterocycles. The molecule has 1 aliphatic heterocycles. The highest BCUT2D eigenvalue weighted by molar-refractivity contribution is 6.30. The van der Waals surface area contributed by atoms with Crippen LogP contribution in [0, 0.1) is 6.92 Å². The molecule has 17 heavy (non-hydrogen) atoms. The molecule has 0 radical (unpaired) electrons. The number of nitrogens with zero attached hydrogens (tertiary/aromatic N) is 3. The Morgan fingerprint density at radius 3 is 2.59 bits per heavy atom. The van der Waals surface area contributed by atoms with Crippen molar-refractivity contribution >= 4 is 17.4 Å². The topological polar surface area (TPSA) is 49.2 Å². The summed E-state index contributed by atoms with van der Waals surface area (Å²) in [6, 6.07) is 0. The van der Waals surface area contributed by atoms with Crippen molar-refractivity contribution < 1.29 is 5.11 Å². The zero-order valence-electron chi connectivity index (χ0n) is 10.3. The lowest BCUT2D eigenvalue weighted by molar-refractivity contribution is 0.145. The van der Waals surface area contributed by atoms with E-state index in [1.807, 2.05) is 13.8 Å². The highest BCUT2D eigenvalue weighted by Crippen LogP contribution is 2.26. The van der Waals surface area contributed by atoms with Gasteiger partial charge >= 0.3 is 0 Å². The van der Waals surface area contributed by atoms with Gasteiger partial charge in [-0.25, -0.2) is 9.97 Å². The minimum absolute atomic E-state index is 0.172. The fourth-order valence-corrected chi connectivity index (χ4v) is 2.25. The number of rotatable bonds is 2. The maximum absolute atomic E-state index is 9.51. The van der Waals surface area contributed by atoms with E-state index in [1.54, 1.807) is 0 Å². The lowest BCUT2D eigenvalue weighted by Crippen LogP contribution is -2.37. The summed E-state index contributed by atoms with van der Waals surface area (Å²) in [4.78, 5) is 11.0. The molecule has 1 aliphatic rings. The number of piperidine rings is 1. The predicted molar refractivity (Wildman–Crippen MR) is 68.6 cm³/mol. The first-order chi connectivity index (χ1) is 8.11. The number of aliphatic hydroxyl groups excluding tert-OH is 1. The van der Waals surface area contributed by atoms with Gasteiger partial charge in [0.1, 0.15) is 16.8 Å². The molecule has 0 atom stereocenters. The average molecular weight is 256 g/mol. The van der Waals surface area contributed by atoms with Crippen LogP contribution >= 0.6 is 11.6 Å². The largest absolute Gasteiger partial charge is 0.393 e. The van der Waals surface area contributed by atoms with Crippen LogP contribution in [0.25, 0.3) is 0 Å². The summed E-state index contributed by atoms with van der Waals surface area (Å²) in [5, 5.41) is 10.1. The summed E-state index contributed by atoms with van der Waals surface area (Å²) in [6.07, 6.45) is 2.20. The Morgan fingerprint density at radius 1 is 1.35 bits per heavy atom. The van der Waals surface area contributed by atoms with Crippen molar-refractivity contribution in [3.63, 3.8) is 0 Å². The van der Waals surface area contributed by atoms with E-state index in [9.17, 15) is 5.11 Å². The summed E-state index contributed by atoms with van der Waals surface area (Å²) in [5.41, 5.74) is 0.931. The number of hydrogen-bond donors (Lipinski definition) is 1. The second kappa shape index (κ2) is 5.19. The van der Waals surface area contributed by atoms with Crippen LogP contribution in [0.4, 0.5) is 5.82 Å². The van der Waals surface area contributed by atoms with Crippen molar-refractivity contribution in [3.05, 3.63) is 16.5 Å². The molecule has 1 aromatic heterocycles. The molecule has 4 nitrogen and oxygen atoms in total. The molecule has 2 heterocycles. The highest BCUT2D eigenvalue weighted by Gasteiger charge is 2.21. The number of anilines is 1. The minimum atomic E-state index is -0.172. The summed E-state index contributed by atoms with van der Waals surface area (Å²) in [6.45, 7) is 5.63. The van der Waals surface area contributed by atoms with Crippen molar-refractivity contribution in [1.82, 2.24) is 9.97 Å². The Kier molecular flexibility index (Phi) is 3.84. The van der Waals surface area contributed by atoms with Crippen molar-refractivity contribution in [1.29, 1.82) is 0 Å². The molecule has 0 bridgehead atoms. The van der Waals surface area contributed by atoms with Gasteiger partial charge in [0.25, 0.3) is 0 Å². The van der Waals surface area contributed by atoms with Crippen molar-refractivity contribution in [2.24, 2.45) is 0 Å². The molecule has 0 unspecified atom stereocenters. The number of aliphatic hydroxyl groups is 1. The molecule has 0 aromatic carbocycles. The summed E-state index contributed by atoms with van der Waals surface area (Å²) in [7, 11) is 0. The van der Waals surface area contributed by atoms with Gasteiger partial charge in [-0.3, -0.25) is 0 Å². The van der Waals surface area contributed by atoms with Crippen LogP contribution in [0.15, 0.2) is 0 Å². The van der Waals surface area contributed by atoms with Crippen LogP contribution in [0.1, 0.15) is 31.2 Å². The van der Waals surface area contributed by atoms with Crippen LogP contribution in [-0.4, -0.2) is 34.3 Å². The minimum Gasteiger partial charge on any atom is -0.393 e. The van der Waals surface area contributed by atoms with Gasteiger partial charge in [0.15, 0.2) is 0 Å². The molecular weight excluding hydrogens is 238 g/mol. The fraction of sp³-hybridized carbons (Fsp3) is 0.667. The van der Waals surface area contributed by atoms with Crippen molar-refractivity contribution in [2.45, 2.75) is 39.2 Å². The molecule has 1 N–H and O–H groups in total. The standard InChI is InChI=1S/C12H18ClN3O/c1-3-10-14-11(13)8(2)12(15-10)16-6-4-9(17)5-7-16/h9,17H,3-7H2,1-2H3. The van der Waals surface area contributed by atoms with E-state index in [4.69, 9.17) is 11.6 Å². The van der Waals surface area contributed by atoms with Crippen LogP contribution in [0.5, 0.6) is 0 Å². The second-order valence-electron chi connectivity index (χ2n) is 4.45. The Hall–Kier alpha value is -0.870. The van der Waals surface area contributed by atoms with Gasteiger partial charge in [-0.1, -0.05) is 18.5 Å². The molecule has 0 amide bonds. The van der Waals surface area contributed by atoms with E-state index in [0.717, 1.165) is 49.6 Å². The smallest absolute Gasteiger partial charge is 0.137 e. The third-order valence-electron chi connectivity index (χ3n) is 3.19. The third kappa shape index (κ3) is 2.69. The van der Waals surface area contributed by atoms with E-state index < -0.39 is 0 Å². The van der Waals surface area contributed by atoms with Gasteiger partial charge in [0.2, 0.25) is 0 Å². The molecular formula is C12H18ClN3O. The van der Waals surface area contributed by atoms with E-state index in [-0.39, 0.29) is 6.10 Å². The maximum atomic E-state index is 9.51. The SMILES string of the molecule is CCc1nc(Cl)c(C)c(N2CCC(O)CC2)n1. The van der Waals surface area contributed by atoms with E-state index in [0.29, 0.717) is 5.15 Å². The molecule has 94 valence electrons. The van der Waals surface area contributed by atoms with E-state index in [2.05, 4.69) is 14.9 Å². The quantitative estimate of drug-likeness (QED) is 0.821. The summed E-state index contributed by atoms with van der Waals surface area (Å²) >= 11 is 6.12. The number of hydrogen-bond acceptors (Lipinski definition) is 4. The highest BCUT2D eigenvalue weighted by atomic mass is 35.5. The summed E-state index contributed by atoms with van der Waals surface area (Å²) in [5.74, 6) is 1.70. The Morgan fingerprint density at radius 2 is 2.00 bits per heavy atom. The molecule has 1 aromatic rings. The zero-order chi connectivity index (χ0) is 12.4. The van der Waals surface area contributed by atoms with Crippen LogP contribution in [0.2, 0.25) is 5.15 Å². The van der Waals surface area contributed by atoms with Gasteiger partial charge in [0, 0.05) is 25.1 Å². The van der Waals surface area contributed by atoms with Gasteiger partial charge in [-0.2, -0.15) is 0 Å². The number of halogens is 1. The molecule has 0 saturated carbocycles. The third-order valence-corrected chi connectivity index (χ3v) is 3.56. The first-order valence-electron chi connectivity index (χ1n) is 6.07. The monoisotopic (exact) mass is 255 g/mol. The van der Waals surface area contributed by atoms with Crippen LogP contribution in [-0.2, 0) is 6.42 Å². The normalized spacial score (nSPS) is 17.5. The van der Waals surface area contributed by atoms with E-state index >= 15 is 0 Å². The van der Waals surface area contributed by atoms with E-state index in [1.165, 1.54) is 0 Å². The zero-order valence-corrected chi connectivity index (χ0v) is 11.0. The Balaban J connectivity index is 2.27. The lowest BCUT2D eigenvalue weighted by atomic mass is 10.1. The van der Waals surface area contributed by atoms with Crippen LogP contribution < -0.4 is 4.90 Å². The van der Waals surface area contributed by atoms with Crippen molar-refractivity contribution in [2.75, 3.05) is 18.0 Å². The molecule has 1 fully saturated rings. The Labute approximate surface area is 107 Å². The van der Waals surface area contributed by atoms with Gasteiger partial charge in [-0.15, -0.1) is 0 Å². The average Bonchev–Trinajstić information content (AvgIpc) is 2.34. The molecule has 5 heteroatoms. The van der Waals surface area contributed by atoms with Gasteiger partial charge in [0.05, 0.1) is 6.10 Å². The maximum Gasteiger partial charge on any atom is 0.137 e. The second-order valence-corrected chi connectivity index (χ2v) is 4.81. The summed E-state index contributed by atoms with van der Waals surface area (Å²) < 4.78 is 0. The van der Waals surface area contributed by atoms with Gasteiger partial charge < -0.3 is 10.0 Å². The van der Waals surface area contributed by atoms with Crippen molar-refractivity contribution in [3.8, 4) is 0 Å². The first kappa shape index (κ1) is 12.6.